The molecule has 0 unspecified atom stereocenters. The van der Waals surface area contributed by atoms with Gasteiger partial charge in [-0.25, -0.2) is 4.79 Å². The molecule has 1 N–H and O–H groups in total. The first-order chi connectivity index (χ1) is 8.56. The van der Waals surface area contributed by atoms with Gasteiger partial charge in [-0.2, -0.15) is 0 Å². The van der Waals surface area contributed by atoms with E-state index in [0.717, 1.165) is 0 Å². The second-order valence-corrected chi connectivity index (χ2v) is 3.86. The molecule has 0 bridgehead atoms. The van der Waals surface area contributed by atoms with Crippen molar-refractivity contribution in [3.63, 3.8) is 0 Å². The Labute approximate surface area is 103 Å². The maximum atomic E-state index is 11.6. The van der Waals surface area contributed by atoms with Gasteiger partial charge in [-0.05, 0) is 24.6 Å². The Hall–Kier alpha value is -2.14. The van der Waals surface area contributed by atoms with Crippen molar-refractivity contribution in [2.75, 3.05) is 7.11 Å². The summed E-state index contributed by atoms with van der Waals surface area (Å²) in [5.74, 6) is 0.107. The zero-order valence-electron chi connectivity index (χ0n) is 10.0. The molecule has 5 heteroatoms. The van der Waals surface area contributed by atoms with E-state index in [1.165, 1.54) is 20.1 Å². The molecule has 94 valence electrons. The number of carbonyl (C=O) groups is 1. The molecule has 0 aliphatic heterocycles. The number of benzene rings is 1. The van der Waals surface area contributed by atoms with Gasteiger partial charge in [0.25, 0.3) is 0 Å². The van der Waals surface area contributed by atoms with Gasteiger partial charge in [0.2, 0.25) is 0 Å². The molecule has 1 heterocycles. The van der Waals surface area contributed by atoms with E-state index in [9.17, 15) is 14.7 Å². The molecular formula is C13H12O5. The monoisotopic (exact) mass is 248 g/mol. The Balaban J connectivity index is 2.84. The van der Waals surface area contributed by atoms with Crippen molar-refractivity contribution in [2.24, 2.45) is 0 Å². The molecule has 2 aromatic rings. The van der Waals surface area contributed by atoms with Crippen LogP contribution in [0, 0.1) is 0 Å². The smallest absolute Gasteiger partial charge is 0.347 e. The van der Waals surface area contributed by atoms with E-state index < -0.39 is 5.63 Å². The summed E-state index contributed by atoms with van der Waals surface area (Å²) < 4.78 is 10.1. The Bertz CT molecular complexity index is 669. The number of carbonyl (C=O) groups excluding carboxylic acids is 1. The van der Waals surface area contributed by atoms with Crippen molar-refractivity contribution < 1.29 is 19.1 Å². The molecule has 1 aromatic heterocycles. The van der Waals surface area contributed by atoms with Gasteiger partial charge in [-0.15, -0.1) is 0 Å². The Morgan fingerprint density at radius 3 is 2.67 bits per heavy atom. The third-order valence-electron chi connectivity index (χ3n) is 2.70. The molecule has 0 amide bonds. The quantitative estimate of drug-likeness (QED) is 0.658. The van der Waals surface area contributed by atoms with Gasteiger partial charge in [0.15, 0.2) is 5.78 Å². The van der Waals surface area contributed by atoms with Crippen LogP contribution < -0.4 is 10.4 Å². The lowest BCUT2D eigenvalue weighted by molar-refractivity contribution is 0.101. The molecule has 0 aliphatic rings. The largest absolute Gasteiger partial charge is 0.497 e. The van der Waals surface area contributed by atoms with Crippen LogP contribution in [0.25, 0.3) is 11.0 Å². The number of Topliss-reactive ketones (excluding diaryl/α,β-unsaturated/α-hetero) is 1. The van der Waals surface area contributed by atoms with Crippen molar-refractivity contribution >= 4 is 16.8 Å². The lowest BCUT2D eigenvalue weighted by Crippen LogP contribution is -2.11. The molecule has 1 aromatic carbocycles. The van der Waals surface area contributed by atoms with Crippen LogP contribution in [0.5, 0.6) is 5.75 Å². The number of ether oxygens (including phenoxy) is 1. The highest BCUT2D eigenvalue weighted by atomic mass is 16.5. The maximum Gasteiger partial charge on any atom is 0.347 e. The summed E-state index contributed by atoms with van der Waals surface area (Å²) in [5.41, 5.74) is 0.110. The van der Waals surface area contributed by atoms with E-state index in [0.29, 0.717) is 16.7 Å². The Kier molecular flexibility index (Phi) is 3.16. The van der Waals surface area contributed by atoms with Crippen LogP contribution in [0.4, 0.5) is 0 Å². The minimum absolute atomic E-state index is 0.0256. The highest BCUT2D eigenvalue weighted by Crippen LogP contribution is 2.25. The number of fused-ring (bicyclic) bond motifs is 1. The number of rotatable bonds is 3. The van der Waals surface area contributed by atoms with Gasteiger partial charge < -0.3 is 14.3 Å². The number of hydrogen-bond acceptors (Lipinski definition) is 5. The second kappa shape index (κ2) is 4.62. The number of aliphatic hydroxyl groups is 1. The maximum absolute atomic E-state index is 11.6. The summed E-state index contributed by atoms with van der Waals surface area (Å²) in [7, 11) is 1.48. The first-order valence-corrected chi connectivity index (χ1v) is 5.33. The average Bonchev–Trinajstić information content (AvgIpc) is 2.35. The van der Waals surface area contributed by atoms with Crippen molar-refractivity contribution in [1.29, 1.82) is 0 Å². The molecule has 0 radical (unpaired) electrons. The van der Waals surface area contributed by atoms with E-state index in [4.69, 9.17) is 9.15 Å². The summed E-state index contributed by atoms with van der Waals surface area (Å²) in [6, 6.07) is 4.61. The molecule has 5 nitrogen and oxygen atoms in total. The van der Waals surface area contributed by atoms with E-state index in [-0.39, 0.29) is 23.5 Å². The SMILES string of the molecule is COc1cc(CO)c2cc(C(C)=O)c(=O)oc2c1. The van der Waals surface area contributed by atoms with Crippen molar-refractivity contribution in [3.8, 4) is 5.75 Å². The van der Waals surface area contributed by atoms with E-state index in [1.54, 1.807) is 12.1 Å². The summed E-state index contributed by atoms with van der Waals surface area (Å²) in [4.78, 5) is 22.9. The highest BCUT2D eigenvalue weighted by molar-refractivity contribution is 5.97. The highest BCUT2D eigenvalue weighted by Gasteiger charge is 2.13. The predicted molar refractivity (Wildman–Crippen MR) is 65.0 cm³/mol. The normalized spacial score (nSPS) is 10.6. The third-order valence-corrected chi connectivity index (χ3v) is 2.70. The van der Waals surface area contributed by atoms with Crippen LogP contribution in [0.1, 0.15) is 22.8 Å². The lowest BCUT2D eigenvalue weighted by atomic mass is 10.1. The summed E-state index contributed by atoms with van der Waals surface area (Å²) in [6.07, 6.45) is 0. The Morgan fingerprint density at radius 2 is 2.11 bits per heavy atom. The minimum Gasteiger partial charge on any atom is -0.497 e. The predicted octanol–water partition coefficient (Wildman–Crippen LogP) is 1.50. The third kappa shape index (κ3) is 2.00. The first kappa shape index (κ1) is 12.3. The molecule has 0 saturated carbocycles. The standard InChI is InChI=1S/C13H12O5/c1-7(15)10-5-11-8(6-14)3-9(17-2)4-12(11)18-13(10)16/h3-5,14H,6H2,1-2H3. The molecule has 0 spiro atoms. The van der Waals surface area contributed by atoms with Crippen LogP contribution in [-0.2, 0) is 6.61 Å². The molecule has 0 atom stereocenters. The van der Waals surface area contributed by atoms with Crippen molar-refractivity contribution in [3.05, 3.63) is 39.7 Å². The zero-order valence-corrected chi connectivity index (χ0v) is 10.0. The fourth-order valence-corrected chi connectivity index (χ4v) is 1.76. The summed E-state index contributed by atoms with van der Waals surface area (Å²) >= 11 is 0. The number of aliphatic hydroxyl groups excluding tert-OH is 1. The van der Waals surface area contributed by atoms with Gasteiger partial charge in [0, 0.05) is 11.5 Å². The van der Waals surface area contributed by atoms with Gasteiger partial charge in [-0.3, -0.25) is 4.79 Å². The Morgan fingerprint density at radius 1 is 1.39 bits per heavy atom. The van der Waals surface area contributed by atoms with Gasteiger partial charge in [0.1, 0.15) is 16.9 Å². The van der Waals surface area contributed by atoms with Crippen LogP contribution >= 0.6 is 0 Å². The van der Waals surface area contributed by atoms with Crippen molar-refractivity contribution in [2.45, 2.75) is 13.5 Å². The van der Waals surface area contributed by atoms with Crippen LogP contribution in [0.2, 0.25) is 0 Å². The number of hydrogen-bond donors (Lipinski definition) is 1. The van der Waals surface area contributed by atoms with Crippen molar-refractivity contribution in [1.82, 2.24) is 0 Å². The van der Waals surface area contributed by atoms with Gasteiger partial charge in [-0.1, -0.05) is 0 Å². The number of methoxy groups -OCH3 is 1. The molecule has 0 aliphatic carbocycles. The van der Waals surface area contributed by atoms with E-state index in [1.807, 2.05) is 0 Å². The molecule has 0 fully saturated rings. The zero-order chi connectivity index (χ0) is 13.3. The fraction of sp³-hybridized carbons (Fsp3) is 0.231. The van der Waals surface area contributed by atoms with E-state index >= 15 is 0 Å². The number of ketones is 1. The average molecular weight is 248 g/mol. The lowest BCUT2D eigenvalue weighted by Gasteiger charge is -2.07. The molecule has 18 heavy (non-hydrogen) atoms. The fourth-order valence-electron chi connectivity index (χ4n) is 1.76. The van der Waals surface area contributed by atoms with Crippen LogP contribution in [-0.4, -0.2) is 18.0 Å². The van der Waals surface area contributed by atoms with E-state index in [2.05, 4.69) is 0 Å². The minimum atomic E-state index is -0.688. The summed E-state index contributed by atoms with van der Waals surface area (Å²) in [6.45, 7) is 1.05. The first-order valence-electron chi connectivity index (χ1n) is 5.33. The summed E-state index contributed by atoms with van der Waals surface area (Å²) in [5, 5.41) is 9.82. The van der Waals surface area contributed by atoms with Gasteiger partial charge in [0.05, 0.1) is 13.7 Å². The molecule has 2 rings (SSSR count). The molecular weight excluding hydrogens is 236 g/mol. The topological polar surface area (TPSA) is 76.7 Å². The second-order valence-electron chi connectivity index (χ2n) is 3.86. The van der Waals surface area contributed by atoms with Crippen LogP contribution in [0.15, 0.2) is 27.4 Å². The molecule has 0 saturated heterocycles. The van der Waals surface area contributed by atoms with Gasteiger partial charge >= 0.3 is 5.63 Å². The van der Waals surface area contributed by atoms with Crippen LogP contribution in [0.3, 0.4) is 0 Å².